The van der Waals surface area contributed by atoms with Gasteiger partial charge in [0.05, 0.1) is 0 Å². The van der Waals surface area contributed by atoms with Gasteiger partial charge < -0.3 is 4.90 Å². The molecule has 0 aliphatic heterocycles. The first-order valence-corrected chi connectivity index (χ1v) is 6.45. The van der Waals surface area contributed by atoms with Crippen LogP contribution in [0, 0.1) is 0 Å². The minimum absolute atomic E-state index is 0.0718. The van der Waals surface area contributed by atoms with Crippen LogP contribution in [-0.2, 0) is 6.42 Å². The highest BCUT2D eigenvalue weighted by Gasteiger charge is 2.06. The van der Waals surface area contributed by atoms with E-state index >= 15 is 0 Å². The maximum absolute atomic E-state index is 11.7. The summed E-state index contributed by atoms with van der Waals surface area (Å²) in [5.41, 5.74) is 2.10. The second-order valence-electron chi connectivity index (χ2n) is 4.71. The summed E-state index contributed by atoms with van der Waals surface area (Å²) < 4.78 is 0. The summed E-state index contributed by atoms with van der Waals surface area (Å²) in [4.78, 5) is 13.3. The number of nitrogens with zero attached hydrogens (tertiary/aromatic N) is 1. The molecule has 2 heteroatoms. The lowest BCUT2D eigenvalue weighted by Crippen LogP contribution is -2.21. The molecule has 0 unspecified atom stereocenters. The molecule has 0 saturated heterocycles. The summed E-state index contributed by atoms with van der Waals surface area (Å²) in [6.45, 7) is 2.22. The molecule has 0 aromatic heterocycles. The topological polar surface area (TPSA) is 20.3 Å². The van der Waals surface area contributed by atoms with Crippen LogP contribution in [0.1, 0.15) is 48.5 Å². The predicted octanol–water partition coefficient (Wildman–Crippen LogP) is 3.51. The Kier molecular flexibility index (Phi) is 5.75. The molecule has 0 aliphatic carbocycles. The maximum Gasteiger partial charge on any atom is 0.253 e. The van der Waals surface area contributed by atoms with E-state index in [0.717, 1.165) is 12.0 Å². The van der Waals surface area contributed by atoms with Crippen LogP contribution < -0.4 is 0 Å². The number of hydrogen-bond acceptors (Lipinski definition) is 1. The quantitative estimate of drug-likeness (QED) is 0.688. The average Bonchev–Trinajstić information content (AvgIpc) is 2.34. The average molecular weight is 233 g/mol. The van der Waals surface area contributed by atoms with Crippen molar-refractivity contribution >= 4 is 5.91 Å². The molecule has 1 amide bonds. The Labute approximate surface area is 105 Å². The van der Waals surface area contributed by atoms with E-state index < -0.39 is 0 Å². The van der Waals surface area contributed by atoms with Crippen molar-refractivity contribution in [2.24, 2.45) is 0 Å². The second-order valence-corrected chi connectivity index (χ2v) is 4.71. The van der Waals surface area contributed by atoms with E-state index in [-0.39, 0.29) is 5.91 Å². The van der Waals surface area contributed by atoms with Crippen molar-refractivity contribution in [2.45, 2.75) is 39.0 Å². The summed E-state index contributed by atoms with van der Waals surface area (Å²) in [5, 5.41) is 0. The minimum Gasteiger partial charge on any atom is -0.345 e. The van der Waals surface area contributed by atoms with E-state index in [1.54, 1.807) is 19.0 Å². The fraction of sp³-hybridized carbons (Fsp3) is 0.533. The third-order valence-corrected chi connectivity index (χ3v) is 2.93. The van der Waals surface area contributed by atoms with Gasteiger partial charge in [-0.1, -0.05) is 38.3 Å². The molecule has 0 saturated carbocycles. The summed E-state index contributed by atoms with van der Waals surface area (Å²) in [6.07, 6.45) is 6.26. The number of carbonyl (C=O) groups excluding carboxylic acids is 1. The van der Waals surface area contributed by atoms with Gasteiger partial charge >= 0.3 is 0 Å². The summed E-state index contributed by atoms with van der Waals surface area (Å²) in [6, 6.07) is 8.00. The standard InChI is InChI=1S/C15H23NO/c1-4-5-6-7-8-13-9-11-14(12-10-13)15(17)16(2)3/h9-12H,4-8H2,1-3H3. The molecule has 0 heterocycles. The number of benzene rings is 1. The van der Waals surface area contributed by atoms with E-state index in [1.165, 1.54) is 31.2 Å². The van der Waals surface area contributed by atoms with Crippen LogP contribution in [0.3, 0.4) is 0 Å². The van der Waals surface area contributed by atoms with Crippen molar-refractivity contribution in [1.29, 1.82) is 0 Å². The number of amides is 1. The molecule has 94 valence electrons. The molecule has 1 aromatic rings. The van der Waals surface area contributed by atoms with Crippen LogP contribution in [0.25, 0.3) is 0 Å². The Morgan fingerprint density at radius 1 is 1.06 bits per heavy atom. The number of carbonyl (C=O) groups is 1. The lowest BCUT2D eigenvalue weighted by molar-refractivity contribution is 0.0827. The van der Waals surface area contributed by atoms with Crippen molar-refractivity contribution < 1.29 is 4.79 Å². The highest BCUT2D eigenvalue weighted by molar-refractivity contribution is 5.93. The Hall–Kier alpha value is -1.31. The molecule has 0 radical (unpaired) electrons. The second kappa shape index (κ2) is 7.10. The highest BCUT2D eigenvalue weighted by atomic mass is 16.2. The van der Waals surface area contributed by atoms with Crippen LogP contribution in [-0.4, -0.2) is 24.9 Å². The maximum atomic E-state index is 11.7. The van der Waals surface area contributed by atoms with Gasteiger partial charge in [0.15, 0.2) is 0 Å². The van der Waals surface area contributed by atoms with Gasteiger partial charge in [-0.15, -0.1) is 0 Å². The minimum atomic E-state index is 0.0718. The largest absolute Gasteiger partial charge is 0.345 e. The van der Waals surface area contributed by atoms with E-state index in [4.69, 9.17) is 0 Å². The molecule has 1 aromatic carbocycles. The molecule has 17 heavy (non-hydrogen) atoms. The first-order valence-electron chi connectivity index (χ1n) is 6.45. The Balaban J connectivity index is 2.47. The molecular weight excluding hydrogens is 210 g/mol. The Bertz CT molecular complexity index is 340. The molecule has 0 bridgehead atoms. The fourth-order valence-electron chi connectivity index (χ4n) is 1.83. The third kappa shape index (κ3) is 4.59. The molecular formula is C15H23NO. The van der Waals surface area contributed by atoms with Crippen LogP contribution in [0.2, 0.25) is 0 Å². The monoisotopic (exact) mass is 233 g/mol. The van der Waals surface area contributed by atoms with E-state index in [0.29, 0.717) is 0 Å². The number of hydrogen-bond donors (Lipinski definition) is 0. The summed E-state index contributed by atoms with van der Waals surface area (Å²) >= 11 is 0. The lowest BCUT2D eigenvalue weighted by atomic mass is 10.0. The van der Waals surface area contributed by atoms with Crippen LogP contribution in [0.4, 0.5) is 0 Å². The van der Waals surface area contributed by atoms with Crippen LogP contribution in [0.15, 0.2) is 24.3 Å². The van der Waals surface area contributed by atoms with Gasteiger partial charge in [-0.2, -0.15) is 0 Å². The van der Waals surface area contributed by atoms with E-state index in [2.05, 4.69) is 19.1 Å². The normalized spacial score (nSPS) is 10.3. The molecule has 0 atom stereocenters. The molecule has 2 nitrogen and oxygen atoms in total. The van der Waals surface area contributed by atoms with Crippen LogP contribution in [0.5, 0.6) is 0 Å². The first-order chi connectivity index (χ1) is 8.15. The number of unbranched alkanes of at least 4 members (excludes halogenated alkanes) is 3. The highest BCUT2D eigenvalue weighted by Crippen LogP contribution is 2.10. The zero-order valence-electron chi connectivity index (χ0n) is 11.2. The zero-order chi connectivity index (χ0) is 12.7. The molecule has 1 rings (SSSR count). The van der Waals surface area contributed by atoms with Crippen molar-refractivity contribution in [3.05, 3.63) is 35.4 Å². The van der Waals surface area contributed by atoms with Crippen molar-refractivity contribution in [3.63, 3.8) is 0 Å². The van der Waals surface area contributed by atoms with Gasteiger partial charge in [0, 0.05) is 19.7 Å². The van der Waals surface area contributed by atoms with Gasteiger partial charge in [0.25, 0.3) is 5.91 Å². The number of aryl methyl sites for hydroxylation is 1. The van der Waals surface area contributed by atoms with Gasteiger partial charge in [0.2, 0.25) is 0 Å². The predicted molar refractivity (Wildman–Crippen MR) is 72.3 cm³/mol. The van der Waals surface area contributed by atoms with Crippen molar-refractivity contribution in [1.82, 2.24) is 4.90 Å². The molecule has 0 spiro atoms. The van der Waals surface area contributed by atoms with E-state index in [9.17, 15) is 4.79 Å². The van der Waals surface area contributed by atoms with Crippen molar-refractivity contribution in [2.75, 3.05) is 14.1 Å². The summed E-state index contributed by atoms with van der Waals surface area (Å²) in [7, 11) is 3.56. The zero-order valence-corrected chi connectivity index (χ0v) is 11.2. The van der Waals surface area contributed by atoms with Gasteiger partial charge in [-0.05, 0) is 30.5 Å². The van der Waals surface area contributed by atoms with E-state index in [1.807, 2.05) is 12.1 Å². The SMILES string of the molecule is CCCCCCc1ccc(C(=O)N(C)C)cc1. The Morgan fingerprint density at radius 3 is 2.24 bits per heavy atom. The van der Waals surface area contributed by atoms with Gasteiger partial charge in [0.1, 0.15) is 0 Å². The smallest absolute Gasteiger partial charge is 0.253 e. The van der Waals surface area contributed by atoms with Gasteiger partial charge in [-0.25, -0.2) is 0 Å². The third-order valence-electron chi connectivity index (χ3n) is 2.93. The molecule has 0 N–H and O–H groups in total. The first kappa shape index (κ1) is 13.8. The Morgan fingerprint density at radius 2 is 1.71 bits per heavy atom. The molecule has 0 fully saturated rings. The summed E-state index contributed by atoms with van der Waals surface area (Å²) in [5.74, 6) is 0.0718. The molecule has 0 aliphatic rings. The number of rotatable bonds is 6. The lowest BCUT2D eigenvalue weighted by Gasteiger charge is -2.10. The van der Waals surface area contributed by atoms with Crippen molar-refractivity contribution in [3.8, 4) is 0 Å². The van der Waals surface area contributed by atoms with Crippen LogP contribution >= 0.6 is 0 Å². The fourth-order valence-corrected chi connectivity index (χ4v) is 1.83. The van der Waals surface area contributed by atoms with Gasteiger partial charge in [-0.3, -0.25) is 4.79 Å².